The summed E-state index contributed by atoms with van der Waals surface area (Å²) >= 11 is 11.2. The van der Waals surface area contributed by atoms with Gasteiger partial charge in [-0.2, -0.15) is 0 Å². The van der Waals surface area contributed by atoms with Gasteiger partial charge in [-0.15, -0.1) is 0 Å². The van der Waals surface area contributed by atoms with E-state index in [0.29, 0.717) is 5.03 Å². The summed E-state index contributed by atoms with van der Waals surface area (Å²) in [6.07, 6.45) is 4.60. The molecule has 0 atom stereocenters. The van der Waals surface area contributed by atoms with Crippen LogP contribution in [-0.2, 0) is 0 Å². The molecule has 0 aromatic heterocycles. The Morgan fingerprint density at radius 2 is 2.30 bits per heavy atom. The quantitative estimate of drug-likeness (QED) is 0.605. The van der Waals surface area contributed by atoms with E-state index in [0.717, 1.165) is 17.7 Å². The summed E-state index contributed by atoms with van der Waals surface area (Å²) in [5.74, 6) is 0. The molecule has 10 heavy (non-hydrogen) atoms. The Kier molecular flexibility index (Phi) is 2.41. The summed E-state index contributed by atoms with van der Waals surface area (Å²) in [5, 5.41) is 0.623. The van der Waals surface area contributed by atoms with Crippen LogP contribution in [0, 0.1) is 0 Å². The Hall–Kier alpha value is -0.400. The van der Waals surface area contributed by atoms with Gasteiger partial charge >= 0.3 is 0 Å². The molecule has 0 spiro atoms. The third-order valence-electron chi connectivity index (χ3n) is 1.30. The molecule has 1 N–H and O–H groups in total. The third-order valence-corrected chi connectivity index (χ3v) is 1.97. The van der Waals surface area contributed by atoms with E-state index in [4.69, 9.17) is 23.4 Å². The summed E-state index contributed by atoms with van der Waals surface area (Å²) in [5.41, 5.74) is 1.62. The largest absolute Gasteiger partial charge is 0.297 e. The predicted molar refractivity (Wildman–Crippen MR) is 44.8 cm³/mol. The molecular weight excluding hydrogens is 169 g/mol. The van der Waals surface area contributed by atoms with E-state index >= 15 is 0 Å². The molecule has 0 saturated carbocycles. The molecule has 3 heteroatoms. The van der Waals surface area contributed by atoms with Crippen molar-refractivity contribution in [2.45, 2.75) is 6.42 Å². The van der Waals surface area contributed by atoms with Crippen LogP contribution in [0.1, 0.15) is 6.42 Å². The number of nitrogens with one attached hydrogen (secondary N) is 1. The maximum absolute atomic E-state index is 5.82. The van der Waals surface area contributed by atoms with Crippen LogP contribution in [0.25, 0.3) is 0 Å². The van der Waals surface area contributed by atoms with Crippen molar-refractivity contribution in [3.8, 4) is 0 Å². The van der Waals surface area contributed by atoms with Gasteiger partial charge < -0.3 is 0 Å². The first kappa shape index (κ1) is 7.70. The molecule has 1 aliphatic carbocycles. The van der Waals surface area contributed by atoms with Gasteiger partial charge in [-0.3, -0.25) is 4.84 Å². The standard InChI is InChI=1S/C7H7Cl2N/c1-5-3-2-4-6(10-9)7(5)8/h2,4,10H,1,3H2. The van der Waals surface area contributed by atoms with Gasteiger partial charge in [0, 0.05) is 11.8 Å². The van der Waals surface area contributed by atoms with Crippen molar-refractivity contribution in [2.24, 2.45) is 0 Å². The van der Waals surface area contributed by atoms with E-state index in [1.54, 1.807) is 0 Å². The van der Waals surface area contributed by atoms with E-state index in [-0.39, 0.29) is 0 Å². The predicted octanol–water partition coefficient (Wildman–Crippen LogP) is 2.70. The van der Waals surface area contributed by atoms with Gasteiger partial charge in [-0.05, 0) is 18.1 Å². The van der Waals surface area contributed by atoms with Crippen LogP contribution >= 0.6 is 23.4 Å². The summed E-state index contributed by atoms with van der Waals surface area (Å²) in [6.45, 7) is 3.75. The first-order valence-corrected chi connectivity index (χ1v) is 3.62. The highest BCUT2D eigenvalue weighted by Gasteiger charge is 2.07. The molecule has 0 bridgehead atoms. The highest BCUT2D eigenvalue weighted by molar-refractivity contribution is 6.33. The molecule has 1 aliphatic rings. The summed E-state index contributed by atoms with van der Waals surface area (Å²) < 4.78 is 0. The first-order valence-electron chi connectivity index (χ1n) is 2.87. The van der Waals surface area contributed by atoms with Crippen molar-refractivity contribution < 1.29 is 0 Å². The van der Waals surface area contributed by atoms with Crippen molar-refractivity contribution in [3.63, 3.8) is 0 Å². The van der Waals surface area contributed by atoms with Gasteiger partial charge in [0.25, 0.3) is 0 Å². The van der Waals surface area contributed by atoms with Crippen molar-refractivity contribution in [3.05, 3.63) is 35.0 Å². The molecule has 1 nitrogen and oxygen atoms in total. The molecule has 0 amide bonds. The minimum atomic E-state index is 0.623. The number of hydrogen-bond acceptors (Lipinski definition) is 1. The average molecular weight is 176 g/mol. The Morgan fingerprint density at radius 1 is 1.60 bits per heavy atom. The van der Waals surface area contributed by atoms with Crippen LogP contribution in [0.3, 0.4) is 0 Å². The van der Waals surface area contributed by atoms with E-state index in [1.807, 2.05) is 12.2 Å². The third kappa shape index (κ3) is 1.36. The van der Waals surface area contributed by atoms with Gasteiger partial charge in [0.2, 0.25) is 0 Å². The zero-order chi connectivity index (χ0) is 7.56. The smallest absolute Gasteiger partial charge is 0.0678 e. The molecule has 0 fully saturated rings. The summed E-state index contributed by atoms with van der Waals surface area (Å²) in [7, 11) is 0. The lowest BCUT2D eigenvalue weighted by atomic mass is 10.1. The van der Waals surface area contributed by atoms with Crippen LogP contribution in [-0.4, -0.2) is 0 Å². The van der Waals surface area contributed by atoms with E-state index in [9.17, 15) is 0 Å². The van der Waals surface area contributed by atoms with Crippen molar-refractivity contribution >= 4 is 23.4 Å². The fraction of sp³-hybridized carbons (Fsp3) is 0.143. The highest BCUT2D eigenvalue weighted by atomic mass is 35.5. The van der Waals surface area contributed by atoms with Crippen LogP contribution in [0.2, 0.25) is 0 Å². The number of allylic oxidation sites excluding steroid dienone is 4. The van der Waals surface area contributed by atoms with E-state index < -0.39 is 0 Å². The second-order valence-electron chi connectivity index (χ2n) is 2.03. The van der Waals surface area contributed by atoms with Gasteiger partial charge in [0.1, 0.15) is 0 Å². The molecule has 0 aliphatic heterocycles. The Morgan fingerprint density at radius 3 is 2.80 bits per heavy atom. The number of hydrogen-bond donors (Lipinski definition) is 1. The lowest BCUT2D eigenvalue weighted by Crippen LogP contribution is -2.02. The number of halogens is 2. The van der Waals surface area contributed by atoms with Crippen LogP contribution in [0.15, 0.2) is 35.0 Å². The second kappa shape index (κ2) is 3.13. The molecule has 0 saturated heterocycles. The minimum Gasteiger partial charge on any atom is -0.297 e. The molecule has 54 valence electrons. The molecule has 0 radical (unpaired) electrons. The van der Waals surface area contributed by atoms with Gasteiger partial charge in [0.15, 0.2) is 0 Å². The number of rotatable bonds is 1. The van der Waals surface area contributed by atoms with Crippen LogP contribution < -0.4 is 4.84 Å². The molecule has 1 rings (SSSR count). The Balaban J connectivity index is 2.93. The molecule has 0 aromatic carbocycles. The van der Waals surface area contributed by atoms with Crippen LogP contribution in [0.4, 0.5) is 0 Å². The van der Waals surface area contributed by atoms with Crippen molar-refractivity contribution in [1.29, 1.82) is 0 Å². The van der Waals surface area contributed by atoms with Gasteiger partial charge in [-0.1, -0.05) is 24.3 Å². The fourth-order valence-electron chi connectivity index (χ4n) is 0.745. The molecule has 0 aromatic rings. The maximum atomic E-state index is 5.82. The summed E-state index contributed by atoms with van der Waals surface area (Å²) in [4.78, 5) is 2.46. The monoisotopic (exact) mass is 175 g/mol. The molecular formula is C7H7Cl2N. The van der Waals surface area contributed by atoms with Gasteiger partial charge in [0.05, 0.1) is 10.7 Å². The minimum absolute atomic E-state index is 0.623. The highest BCUT2D eigenvalue weighted by Crippen LogP contribution is 2.24. The van der Waals surface area contributed by atoms with E-state index in [1.165, 1.54) is 0 Å². The zero-order valence-electron chi connectivity index (χ0n) is 5.32. The topological polar surface area (TPSA) is 12.0 Å². The Bertz CT molecular complexity index is 216. The second-order valence-corrected chi connectivity index (χ2v) is 2.60. The van der Waals surface area contributed by atoms with Gasteiger partial charge in [-0.25, -0.2) is 0 Å². The molecule has 0 heterocycles. The van der Waals surface area contributed by atoms with Crippen molar-refractivity contribution in [1.82, 2.24) is 4.84 Å². The van der Waals surface area contributed by atoms with E-state index in [2.05, 4.69) is 11.4 Å². The fourth-order valence-corrected chi connectivity index (χ4v) is 1.14. The zero-order valence-corrected chi connectivity index (χ0v) is 6.84. The van der Waals surface area contributed by atoms with Crippen LogP contribution in [0.5, 0.6) is 0 Å². The normalized spacial score (nSPS) is 18.0. The molecule has 0 unspecified atom stereocenters. The maximum Gasteiger partial charge on any atom is 0.0678 e. The van der Waals surface area contributed by atoms with Crippen molar-refractivity contribution in [2.75, 3.05) is 0 Å². The Labute approximate surface area is 70.1 Å². The SMILES string of the molecule is C=C1CC=CC(NCl)=C1Cl. The first-order chi connectivity index (χ1) is 4.75. The summed E-state index contributed by atoms with van der Waals surface area (Å²) in [6, 6.07) is 0. The lowest BCUT2D eigenvalue weighted by Gasteiger charge is -2.10. The average Bonchev–Trinajstić information content (AvgIpc) is 1.95. The lowest BCUT2D eigenvalue weighted by molar-refractivity contribution is 1.15.